The van der Waals surface area contributed by atoms with Crippen molar-refractivity contribution in [2.24, 2.45) is 46.3 Å². The maximum absolute atomic E-state index is 10.6. The van der Waals surface area contributed by atoms with E-state index in [1.165, 1.54) is 76.8 Å². The lowest BCUT2D eigenvalue weighted by Crippen LogP contribution is -2.50. The van der Waals surface area contributed by atoms with Crippen LogP contribution in [-0.4, -0.2) is 28.3 Å². The Morgan fingerprint density at radius 1 is 1.00 bits per heavy atom. The SMILES string of the molecule is CC(=O)Oc1ccccc1C(=O)O.CC(C)CCC[C@@H](C)[C@H]1CC[C@H]2[C@@H]3CC=C4C[C@@H](O)CC[C@]4(C)[C@H]3CC[C@]12C. The predicted octanol–water partition coefficient (Wildman–Crippen LogP) is 8.70. The van der Waals surface area contributed by atoms with Crippen LogP contribution in [0.5, 0.6) is 5.75 Å². The van der Waals surface area contributed by atoms with E-state index in [0.29, 0.717) is 10.8 Å². The number of rotatable bonds is 7. The van der Waals surface area contributed by atoms with E-state index in [2.05, 4.69) is 45.4 Å². The van der Waals surface area contributed by atoms with Crippen LogP contribution in [0, 0.1) is 46.3 Å². The number of fused-ring (bicyclic) bond motifs is 5. The zero-order valence-corrected chi connectivity index (χ0v) is 26.3. The van der Waals surface area contributed by atoms with Crippen LogP contribution >= 0.6 is 0 Å². The molecule has 41 heavy (non-hydrogen) atoms. The first kappa shape index (κ1) is 31.8. The summed E-state index contributed by atoms with van der Waals surface area (Å²) in [5, 5.41) is 18.9. The van der Waals surface area contributed by atoms with E-state index in [-0.39, 0.29) is 17.4 Å². The Balaban J connectivity index is 0.000000251. The molecule has 2 N–H and O–H groups in total. The normalized spacial score (nSPS) is 34.7. The minimum Gasteiger partial charge on any atom is -0.478 e. The van der Waals surface area contributed by atoms with Crippen LogP contribution in [0.15, 0.2) is 35.9 Å². The van der Waals surface area contributed by atoms with Gasteiger partial charge in [0.2, 0.25) is 0 Å². The fourth-order valence-corrected chi connectivity index (χ4v) is 9.55. The fraction of sp³-hybridized carbons (Fsp3) is 0.722. The largest absolute Gasteiger partial charge is 0.478 e. The van der Waals surface area contributed by atoms with Crippen LogP contribution in [0.3, 0.4) is 0 Å². The van der Waals surface area contributed by atoms with E-state index < -0.39 is 11.9 Å². The number of ether oxygens (including phenoxy) is 1. The molecule has 5 rings (SSSR count). The van der Waals surface area contributed by atoms with Crippen molar-refractivity contribution in [3.05, 3.63) is 41.5 Å². The quantitative estimate of drug-likeness (QED) is 0.196. The van der Waals surface area contributed by atoms with E-state index in [1.54, 1.807) is 17.7 Å². The molecule has 228 valence electrons. The zero-order chi connectivity index (χ0) is 29.9. The average Bonchev–Trinajstić information content (AvgIpc) is 3.26. The Bertz CT molecular complexity index is 1110. The number of carbonyl (C=O) groups excluding carboxylic acids is 1. The van der Waals surface area contributed by atoms with E-state index in [9.17, 15) is 14.7 Å². The van der Waals surface area contributed by atoms with Gasteiger partial charge in [0.05, 0.1) is 6.10 Å². The minimum absolute atomic E-state index is 0.0160. The fourth-order valence-electron chi connectivity index (χ4n) is 9.55. The number of aliphatic hydroxyl groups excluding tert-OH is 1. The molecule has 3 fully saturated rings. The molecule has 0 spiro atoms. The lowest BCUT2D eigenvalue weighted by atomic mass is 9.47. The molecule has 4 aliphatic rings. The highest BCUT2D eigenvalue weighted by Gasteiger charge is 2.59. The highest BCUT2D eigenvalue weighted by Crippen LogP contribution is 2.67. The van der Waals surface area contributed by atoms with Gasteiger partial charge < -0.3 is 14.9 Å². The van der Waals surface area contributed by atoms with Crippen molar-refractivity contribution >= 4 is 11.9 Å². The highest BCUT2D eigenvalue weighted by atomic mass is 16.5. The summed E-state index contributed by atoms with van der Waals surface area (Å²) in [6.07, 6.45) is 17.2. The second-order valence-electron chi connectivity index (χ2n) is 14.6. The van der Waals surface area contributed by atoms with Gasteiger partial charge in [0, 0.05) is 6.92 Å². The molecule has 4 aliphatic carbocycles. The van der Waals surface area contributed by atoms with E-state index in [0.717, 1.165) is 48.3 Å². The third kappa shape index (κ3) is 6.76. The van der Waals surface area contributed by atoms with Crippen LogP contribution in [0.4, 0.5) is 0 Å². The van der Waals surface area contributed by atoms with Gasteiger partial charge in [-0.1, -0.05) is 77.7 Å². The number of allylic oxidation sites excluding steroid dienone is 1. The number of para-hydroxylation sites is 1. The van der Waals surface area contributed by atoms with Gasteiger partial charge in [-0.05, 0) is 110 Å². The Kier molecular flexibility index (Phi) is 10.1. The van der Waals surface area contributed by atoms with Gasteiger partial charge in [0.25, 0.3) is 0 Å². The summed E-state index contributed by atoms with van der Waals surface area (Å²) in [4.78, 5) is 21.2. The molecule has 8 atom stereocenters. The molecule has 0 heterocycles. The third-order valence-corrected chi connectivity index (χ3v) is 11.7. The van der Waals surface area contributed by atoms with Crippen LogP contribution < -0.4 is 4.74 Å². The van der Waals surface area contributed by atoms with Gasteiger partial charge in [0.1, 0.15) is 11.3 Å². The third-order valence-electron chi connectivity index (χ3n) is 11.7. The molecular weight excluding hydrogens is 512 g/mol. The number of esters is 1. The molecule has 0 bridgehead atoms. The van der Waals surface area contributed by atoms with Crippen LogP contribution in [0.25, 0.3) is 0 Å². The molecule has 1 aromatic carbocycles. The number of aromatic carboxylic acids is 1. The number of hydrogen-bond acceptors (Lipinski definition) is 4. The summed E-state index contributed by atoms with van der Waals surface area (Å²) in [6, 6.07) is 5.98. The molecule has 0 radical (unpaired) electrons. The number of hydrogen-bond donors (Lipinski definition) is 2. The Hall–Kier alpha value is -2.14. The smallest absolute Gasteiger partial charge is 0.339 e. The van der Waals surface area contributed by atoms with E-state index in [4.69, 9.17) is 5.11 Å². The van der Waals surface area contributed by atoms with Gasteiger partial charge in [-0.25, -0.2) is 4.79 Å². The Morgan fingerprint density at radius 3 is 2.41 bits per heavy atom. The maximum atomic E-state index is 10.6. The first-order valence-corrected chi connectivity index (χ1v) is 16.2. The van der Waals surface area contributed by atoms with Crippen LogP contribution in [-0.2, 0) is 4.79 Å². The molecule has 0 aliphatic heterocycles. The van der Waals surface area contributed by atoms with Crippen molar-refractivity contribution in [3.63, 3.8) is 0 Å². The standard InChI is InChI=1S/C27H46O.C9H8O4/c1-18(2)7-6-8-19(3)23-11-12-24-22-10-9-20-17-21(28)13-15-26(20,4)25(22)14-16-27(23,24)5;1-6(10)13-8-5-3-2-4-7(8)9(11)12/h9,18-19,21-25,28H,6-8,10-17H2,1-5H3;2-5H,1H3,(H,11,12)/t19-,21+,22+,23-,24+,25+,26+,27-;/m1./s1. The first-order valence-electron chi connectivity index (χ1n) is 16.2. The van der Waals surface area contributed by atoms with Gasteiger partial charge in [0.15, 0.2) is 0 Å². The average molecular weight is 567 g/mol. The molecule has 3 saturated carbocycles. The second kappa shape index (κ2) is 13.0. The topological polar surface area (TPSA) is 83.8 Å². The number of carbonyl (C=O) groups is 2. The maximum Gasteiger partial charge on any atom is 0.339 e. The van der Waals surface area contributed by atoms with E-state index >= 15 is 0 Å². The Labute approximate surface area is 248 Å². The van der Waals surface area contributed by atoms with Gasteiger partial charge in [-0.15, -0.1) is 0 Å². The number of aliphatic hydroxyl groups is 1. The number of benzene rings is 1. The number of carboxylic acids is 1. The molecular formula is C36H54O5. The summed E-state index contributed by atoms with van der Waals surface area (Å²) in [5.41, 5.74) is 2.59. The van der Waals surface area contributed by atoms with Crippen molar-refractivity contribution in [2.45, 2.75) is 118 Å². The summed E-state index contributed by atoms with van der Waals surface area (Å²) in [7, 11) is 0. The second-order valence-corrected chi connectivity index (χ2v) is 14.6. The van der Waals surface area contributed by atoms with Crippen LogP contribution in [0.1, 0.15) is 123 Å². The van der Waals surface area contributed by atoms with Crippen molar-refractivity contribution in [3.8, 4) is 5.75 Å². The highest BCUT2D eigenvalue weighted by molar-refractivity contribution is 5.91. The molecule has 5 nitrogen and oxygen atoms in total. The molecule has 5 heteroatoms. The predicted molar refractivity (Wildman–Crippen MR) is 164 cm³/mol. The Morgan fingerprint density at radius 2 is 1.73 bits per heavy atom. The lowest BCUT2D eigenvalue weighted by molar-refractivity contribution is -0.131. The molecule has 0 saturated heterocycles. The monoisotopic (exact) mass is 566 g/mol. The van der Waals surface area contributed by atoms with Crippen LogP contribution in [0.2, 0.25) is 0 Å². The summed E-state index contributed by atoms with van der Waals surface area (Å²) < 4.78 is 4.69. The van der Waals surface area contributed by atoms with Crippen molar-refractivity contribution in [1.29, 1.82) is 0 Å². The molecule has 0 unspecified atom stereocenters. The van der Waals surface area contributed by atoms with E-state index in [1.807, 2.05) is 0 Å². The van der Waals surface area contributed by atoms with Gasteiger partial charge in [-0.2, -0.15) is 0 Å². The zero-order valence-electron chi connectivity index (χ0n) is 26.3. The molecule has 0 amide bonds. The summed E-state index contributed by atoms with van der Waals surface area (Å²) in [5.74, 6) is 3.88. The minimum atomic E-state index is -1.11. The summed E-state index contributed by atoms with van der Waals surface area (Å²) in [6.45, 7) is 13.8. The molecule has 0 aromatic heterocycles. The van der Waals surface area contributed by atoms with Gasteiger partial charge >= 0.3 is 11.9 Å². The molecule has 1 aromatic rings. The van der Waals surface area contributed by atoms with Crippen molar-refractivity contribution < 1.29 is 24.5 Å². The van der Waals surface area contributed by atoms with Gasteiger partial charge in [-0.3, -0.25) is 4.79 Å². The summed E-state index contributed by atoms with van der Waals surface area (Å²) >= 11 is 0. The van der Waals surface area contributed by atoms with Crippen molar-refractivity contribution in [2.75, 3.05) is 0 Å². The number of carboxylic acid groups (broad SMARTS) is 1. The van der Waals surface area contributed by atoms with Crippen molar-refractivity contribution in [1.82, 2.24) is 0 Å². The lowest BCUT2D eigenvalue weighted by Gasteiger charge is -2.58. The first-order chi connectivity index (χ1) is 19.4.